The van der Waals surface area contributed by atoms with Gasteiger partial charge in [-0.05, 0) is 20.8 Å². The van der Waals surface area contributed by atoms with Crippen LogP contribution in [0.15, 0.2) is 12.4 Å². The Labute approximate surface area is 130 Å². The van der Waals surface area contributed by atoms with E-state index in [9.17, 15) is 0 Å². The van der Waals surface area contributed by atoms with E-state index in [1.54, 1.807) is 6.20 Å². The van der Waals surface area contributed by atoms with Gasteiger partial charge in [0.1, 0.15) is 12.4 Å². The molecule has 7 heteroatoms. The summed E-state index contributed by atoms with van der Waals surface area (Å²) in [4.78, 5) is 11.1. The molecular formula is C15H22N6O. The minimum absolute atomic E-state index is 0.207. The van der Waals surface area contributed by atoms with Crippen LogP contribution in [0.2, 0.25) is 0 Å². The van der Waals surface area contributed by atoms with Crippen LogP contribution in [0.3, 0.4) is 0 Å². The van der Waals surface area contributed by atoms with E-state index in [1.807, 2.05) is 20.0 Å². The molecule has 0 radical (unpaired) electrons. The maximum atomic E-state index is 5.46. The molecule has 1 aliphatic rings. The van der Waals surface area contributed by atoms with Gasteiger partial charge in [-0.25, -0.2) is 0 Å². The van der Waals surface area contributed by atoms with Gasteiger partial charge in [0.05, 0.1) is 17.4 Å². The molecule has 0 bridgehead atoms. The number of aryl methyl sites for hydroxylation is 1. The van der Waals surface area contributed by atoms with Gasteiger partial charge in [0, 0.05) is 38.6 Å². The summed E-state index contributed by atoms with van der Waals surface area (Å²) < 4.78 is 7.64. The summed E-state index contributed by atoms with van der Waals surface area (Å²) in [6.07, 6.45) is 3.61. The highest BCUT2D eigenvalue weighted by molar-refractivity contribution is 5.06. The van der Waals surface area contributed by atoms with Crippen LogP contribution in [0.25, 0.3) is 0 Å². The summed E-state index contributed by atoms with van der Waals surface area (Å²) in [6, 6.07) is 0.207. The van der Waals surface area contributed by atoms with Crippen molar-refractivity contribution in [3.05, 3.63) is 35.4 Å². The highest BCUT2D eigenvalue weighted by Crippen LogP contribution is 2.25. The first-order valence-corrected chi connectivity index (χ1v) is 7.70. The fraction of sp³-hybridized carbons (Fsp3) is 0.600. The third-order valence-corrected chi connectivity index (χ3v) is 3.99. The molecule has 0 saturated carbocycles. The number of nitrogens with zero attached hydrogens (tertiary/aromatic N) is 6. The van der Waals surface area contributed by atoms with E-state index in [0.29, 0.717) is 13.2 Å². The van der Waals surface area contributed by atoms with Gasteiger partial charge in [-0.15, -0.1) is 10.2 Å². The SMILES string of the molecule is CCOCc1nnc2n1CCN(Cc1cncc(C)n1)C2C. The number of rotatable bonds is 5. The van der Waals surface area contributed by atoms with Gasteiger partial charge in [-0.2, -0.15) is 0 Å². The summed E-state index contributed by atoms with van der Waals surface area (Å²) in [5, 5.41) is 8.63. The van der Waals surface area contributed by atoms with Crippen molar-refractivity contribution in [2.45, 2.75) is 46.5 Å². The molecule has 0 aromatic carbocycles. The van der Waals surface area contributed by atoms with Crippen molar-refractivity contribution in [1.82, 2.24) is 29.6 Å². The van der Waals surface area contributed by atoms with E-state index in [2.05, 4.69) is 36.6 Å². The summed E-state index contributed by atoms with van der Waals surface area (Å²) in [7, 11) is 0. The van der Waals surface area contributed by atoms with E-state index >= 15 is 0 Å². The highest BCUT2D eigenvalue weighted by Gasteiger charge is 2.28. The number of aromatic nitrogens is 5. The molecule has 2 aromatic rings. The smallest absolute Gasteiger partial charge is 0.159 e. The van der Waals surface area contributed by atoms with Gasteiger partial charge in [-0.1, -0.05) is 0 Å². The Balaban J connectivity index is 1.74. The number of hydrogen-bond acceptors (Lipinski definition) is 6. The minimum atomic E-state index is 0.207. The Morgan fingerprint density at radius 3 is 2.91 bits per heavy atom. The molecule has 1 aliphatic heterocycles. The van der Waals surface area contributed by atoms with Crippen molar-refractivity contribution in [1.29, 1.82) is 0 Å². The Kier molecular flexibility index (Phi) is 4.44. The van der Waals surface area contributed by atoms with Crippen LogP contribution in [-0.4, -0.2) is 42.8 Å². The molecule has 0 amide bonds. The molecule has 2 aromatic heterocycles. The Bertz CT molecular complexity index is 641. The lowest BCUT2D eigenvalue weighted by atomic mass is 10.2. The largest absolute Gasteiger partial charge is 0.374 e. The minimum Gasteiger partial charge on any atom is -0.374 e. The lowest BCUT2D eigenvalue weighted by Gasteiger charge is -2.33. The van der Waals surface area contributed by atoms with Crippen molar-refractivity contribution in [2.24, 2.45) is 0 Å². The molecule has 0 N–H and O–H groups in total. The van der Waals surface area contributed by atoms with Crippen molar-refractivity contribution in [3.8, 4) is 0 Å². The average Bonchev–Trinajstić information content (AvgIpc) is 2.92. The summed E-state index contributed by atoms with van der Waals surface area (Å²) in [6.45, 7) is 9.94. The summed E-state index contributed by atoms with van der Waals surface area (Å²) in [5.41, 5.74) is 1.94. The number of fused-ring (bicyclic) bond motifs is 1. The molecule has 0 spiro atoms. The second kappa shape index (κ2) is 6.50. The predicted octanol–water partition coefficient (Wildman–Crippen LogP) is 1.49. The van der Waals surface area contributed by atoms with Crippen LogP contribution in [0.5, 0.6) is 0 Å². The molecule has 3 rings (SSSR count). The monoisotopic (exact) mass is 302 g/mol. The van der Waals surface area contributed by atoms with Gasteiger partial charge >= 0.3 is 0 Å². The molecule has 0 fully saturated rings. The molecule has 1 unspecified atom stereocenters. The standard InChI is InChI=1S/C15H22N6O/c1-4-22-10-14-18-19-15-12(3)20(5-6-21(14)15)9-13-8-16-7-11(2)17-13/h7-8,12H,4-6,9-10H2,1-3H3. The first kappa shape index (κ1) is 15.1. The van der Waals surface area contributed by atoms with Crippen LogP contribution in [0, 0.1) is 6.92 Å². The zero-order valence-corrected chi connectivity index (χ0v) is 13.4. The van der Waals surface area contributed by atoms with Gasteiger partial charge in [0.25, 0.3) is 0 Å². The van der Waals surface area contributed by atoms with E-state index in [4.69, 9.17) is 4.74 Å². The normalized spacial score (nSPS) is 18.4. The first-order chi connectivity index (χ1) is 10.7. The second-order valence-corrected chi connectivity index (χ2v) is 5.56. The van der Waals surface area contributed by atoms with Crippen molar-refractivity contribution >= 4 is 0 Å². The Morgan fingerprint density at radius 1 is 1.27 bits per heavy atom. The zero-order valence-electron chi connectivity index (χ0n) is 13.4. The highest BCUT2D eigenvalue weighted by atomic mass is 16.5. The molecule has 0 saturated heterocycles. The lowest BCUT2D eigenvalue weighted by Crippen LogP contribution is -2.37. The fourth-order valence-electron chi connectivity index (χ4n) is 2.80. The van der Waals surface area contributed by atoms with Crippen molar-refractivity contribution in [3.63, 3.8) is 0 Å². The zero-order chi connectivity index (χ0) is 15.5. The predicted molar refractivity (Wildman–Crippen MR) is 80.9 cm³/mol. The van der Waals surface area contributed by atoms with Crippen LogP contribution < -0.4 is 0 Å². The topological polar surface area (TPSA) is 69.0 Å². The third kappa shape index (κ3) is 3.00. The first-order valence-electron chi connectivity index (χ1n) is 7.70. The van der Waals surface area contributed by atoms with Crippen LogP contribution in [-0.2, 0) is 24.4 Å². The lowest BCUT2D eigenvalue weighted by molar-refractivity contribution is 0.117. The number of ether oxygens (including phenoxy) is 1. The summed E-state index contributed by atoms with van der Waals surface area (Å²) >= 11 is 0. The molecule has 1 atom stereocenters. The molecule has 7 nitrogen and oxygen atoms in total. The van der Waals surface area contributed by atoms with E-state index in [0.717, 1.165) is 42.7 Å². The van der Waals surface area contributed by atoms with E-state index < -0.39 is 0 Å². The maximum absolute atomic E-state index is 5.46. The van der Waals surface area contributed by atoms with Crippen LogP contribution in [0.1, 0.15) is 42.9 Å². The molecule has 118 valence electrons. The third-order valence-electron chi connectivity index (χ3n) is 3.99. The van der Waals surface area contributed by atoms with Crippen molar-refractivity contribution in [2.75, 3.05) is 13.2 Å². The maximum Gasteiger partial charge on any atom is 0.159 e. The molecule has 22 heavy (non-hydrogen) atoms. The Hall–Kier alpha value is -1.86. The quantitative estimate of drug-likeness (QED) is 0.833. The molecule has 3 heterocycles. The van der Waals surface area contributed by atoms with Gasteiger partial charge in [0.15, 0.2) is 5.82 Å². The van der Waals surface area contributed by atoms with Crippen LogP contribution in [0.4, 0.5) is 0 Å². The second-order valence-electron chi connectivity index (χ2n) is 5.56. The van der Waals surface area contributed by atoms with Gasteiger partial charge in [0.2, 0.25) is 0 Å². The average molecular weight is 302 g/mol. The summed E-state index contributed by atoms with van der Waals surface area (Å²) in [5.74, 6) is 1.92. The molecule has 0 aliphatic carbocycles. The van der Waals surface area contributed by atoms with Crippen molar-refractivity contribution < 1.29 is 4.74 Å². The number of hydrogen-bond donors (Lipinski definition) is 0. The van der Waals surface area contributed by atoms with Gasteiger partial charge < -0.3 is 9.30 Å². The van der Waals surface area contributed by atoms with Crippen LogP contribution >= 0.6 is 0 Å². The molecular weight excluding hydrogens is 280 g/mol. The fourth-order valence-corrected chi connectivity index (χ4v) is 2.80. The van der Waals surface area contributed by atoms with Gasteiger partial charge in [-0.3, -0.25) is 14.9 Å². The van der Waals surface area contributed by atoms with E-state index in [1.165, 1.54) is 0 Å². The Morgan fingerprint density at radius 2 is 2.14 bits per heavy atom. The van der Waals surface area contributed by atoms with E-state index in [-0.39, 0.29) is 6.04 Å².